The van der Waals surface area contributed by atoms with Gasteiger partial charge in [0, 0.05) is 18.1 Å². The first kappa shape index (κ1) is 20.8. The molecule has 3 rings (SSSR count). The topological polar surface area (TPSA) is 66.5 Å². The lowest BCUT2D eigenvalue weighted by atomic mass is 9.97. The molecule has 0 radical (unpaired) electrons. The molecule has 0 aromatic heterocycles. The number of hydrogen-bond acceptors (Lipinski definition) is 3. The minimum atomic E-state index is -3.64. The lowest BCUT2D eigenvalue weighted by Crippen LogP contribution is -2.46. The van der Waals surface area contributed by atoms with Gasteiger partial charge in [-0.3, -0.25) is 4.79 Å². The van der Waals surface area contributed by atoms with Crippen molar-refractivity contribution >= 4 is 27.5 Å². The van der Waals surface area contributed by atoms with Crippen molar-refractivity contribution in [3.05, 3.63) is 65.2 Å². The number of nitrogens with one attached hydrogen (secondary N) is 1. The summed E-state index contributed by atoms with van der Waals surface area (Å²) in [4.78, 5) is 13.0. The zero-order valence-corrected chi connectivity index (χ0v) is 17.4. The van der Waals surface area contributed by atoms with E-state index in [-0.39, 0.29) is 29.3 Å². The third kappa shape index (κ3) is 4.74. The van der Waals surface area contributed by atoms with E-state index in [2.05, 4.69) is 5.32 Å². The fourth-order valence-corrected chi connectivity index (χ4v) is 5.18. The Morgan fingerprint density at radius 2 is 1.86 bits per heavy atom. The average molecular weight is 421 g/mol. The number of sulfonamides is 1. The van der Waals surface area contributed by atoms with Crippen LogP contribution in [0, 0.1) is 5.92 Å². The second-order valence-electron chi connectivity index (χ2n) is 7.04. The largest absolute Gasteiger partial charge is 0.349 e. The minimum Gasteiger partial charge on any atom is -0.349 e. The van der Waals surface area contributed by atoms with Crippen LogP contribution in [0.4, 0.5) is 0 Å². The normalized spacial score (nSPS) is 19.1. The molecule has 1 saturated heterocycles. The van der Waals surface area contributed by atoms with Gasteiger partial charge in [-0.25, -0.2) is 8.42 Å². The zero-order chi connectivity index (χ0) is 20.1. The fourth-order valence-electron chi connectivity index (χ4n) is 3.53. The van der Waals surface area contributed by atoms with Crippen LogP contribution in [0.1, 0.15) is 37.8 Å². The number of benzene rings is 2. The van der Waals surface area contributed by atoms with Crippen molar-refractivity contribution in [2.24, 2.45) is 5.92 Å². The van der Waals surface area contributed by atoms with Crippen LogP contribution < -0.4 is 5.32 Å². The van der Waals surface area contributed by atoms with Gasteiger partial charge >= 0.3 is 0 Å². The molecule has 7 heteroatoms. The Hall–Kier alpha value is -1.89. The maximum atomic E-state index is 12.9. The van der Waals surface area contributed by atoms with Crippen LogP contribution in [0.25, 0.3) is 0 Å². The van der Waals surface area contributed by atoms with Crippen LogP contribution in [-0.2, 0) is 14.8 Å². The first-order valence-corrected chi connectivity index (χ1v) is 11.3. The molecular weight excluding hydrogens is 396 g/mol. The highest BCUT2D eigenvalue weighted by molar-refractivity contribution is 7.89. The highest BCUT2D eigenvalue weighted by Gasteiger charge is 2.33. The third-order valence-electron chi connectivity index (χ3n) is 5.13. The van der Waals surface area contributed by atoms with E-state index in [1.54, 1.807) is 12.1 Å². The van der Waals surface area contributed by atoms with Gasteiger partial charge in [0.15, 0.2) is 0 Å². The molecule has 1 N–H and O–H groups in total. The molecule has 5 nitrogen and oxygen atoms in total. The number of hydrogen-bond donors (Lipinski definition) is 1. The molecule has 2 aromatic carbocycles. The zero-order valence-electron chi connectivity index (χ0n) is 15.8. The van der Waals surface area contributed by atoms with Gasteiger partial charge in [-0.15, -0.1) is 0 Å². The molecule has 0 unspecified atom stereocenters. The van der Waals surface area contributed by atoms with Crippen LogP contribution >= 0.6 is 11.6 Å². The predicted octanol–water partition coefficient (Wildman–Crippen LogP) is 4.01. The van der Waals surface area contributed by atoms with Gasteiger partial charge < -0.3 is 5.32 Å². The summed E-state index contributed by atoms with van der Waals surface area (Å²) in [7, 11) is -3.64. The smallest absolute Gasteiger partial charge is 0.243 e. The molecule has 28 heavy (non-hydrogen) atoms. The molecule has 1 heterocycles. The number of halogens is 1. The fraction of sp³-hybridized carbons (Fsp3) is 0.381. The number of amides is 1. The molecule has 1 aliphatic rings. The molecule has 0 aliphatic carbocycles. The molecule has 0 saturated carbocycles. The van der Waals surface area contributed by atoms with Crippen molar-refractivity contribution in [1.29, 1.82) is 0 Å². The van der Waals surface area contributed by atoms with E-state index in [4.69, 9.17) is 11.6 Å². The second kappa shape index (κ2) is 9.07. The Morgan fingerprint density at radius 3 is 2.50 bits per heavy atom. The van der Waals surface area contributed by atoms with Gasteiger partial charge in [-0.1, -0.05) is 48.9 Å². The molecule has 0 bridgehead atoms. The number of piperidine rings is 1. The van der Waals surface area contributed by atoms with E-state index in [1.165, 1.54) is 16.4 Å². The second-order valence-corrected chi connectivity index (χ2v) is 9.41. The van der Waals surface area contributed by atoms with E-state index >= 15 is 0 Å². The lowest BCUT2D eigenvalue weighted by molar-refractivity contribution is -0.126. The first-order chi connectivity index (χ1) is 13.4. The van der Waals surface area contributed by atoms with Crippen molar-refractivity contribution in [2.45, 2.75) is 37.1 Å². The minimum absolute atomic E-state index is 0.0723. The summed E-state index contributed by atoms with van der Waals surface area (Å²) in [6, 6.07) is 15.9. The van der Waals surface area contributed by atoms with Crippen LogP contribution in [-0.4, -0.2) is 31.7 Å². The van der Waals surface area contributed by atoms with Crippen LogP contribution in [0.3, 0.4) is 0 Å². The van der Waals surface area contributed by atoms with Crippen molar-refractivity contribution in [1.82, 2.24) is 9.62 Å². The molecular formula is C21H25ClN2O3S. The van der Waals surface area contributed by atoms with E-state index in [0.29, 0.717) is 24.4 Å². The monoisotopic (exact) mass is 420 g/mol. The van der Waals surface area contributed by atoms with Gasteiger partial charge in [0.2, 0.25) is 15.9 Å². The maximum absolute atomic E-state index is 12.9. The standard InChI is InChI=1S/C21H25ClN2O3S/c1-2-20(16-7-4-3-5-8-16)23-21(25)17-9-6-14-24(15-17)28(26,27)19-12-10-18(22)11-13-19/h3-5,7-8,10-13,17,20H,2,6,9,14-15H2,1H3,(H,23,25)/t17-,20+/m1/s1. The van der Waals surface area contributed by atoms with Crippen molar-refractivity contribution < 1.29 is 13.2 Å². The van der Waals surface area contributed by atoms with Crippen molar-refractivity contribution in [2.75, 3.05) is 13.1 Å². The summed E-state index contributed by atoms with van der Waals surface area (Å²) < 4.78 is 27.2. The predicted molar refractivity (Wildman–Crippen MR) is 111 cm³/mol. The van der Waals surface area contributed by atoms with E-state index in [1.807, 2.05) is 37.3 Å². The van der Waals surface area contributed by atoms with Crippen LogP contribution in [0.15, 0.2) is 59.5 Å². The number of rotatable bonds is 6. The van der Waals surface area contributed by atoms with Crippen LogP contribution in [0.5, 0.6) is 0 Å². The van der Waals surface area contributed by atoms with E-state index < -0.39 is 10.0 Å². The van der Waals surface area contributed by atoms with Gasteiger partial charge in [-0.2, -0.15) is 4.31 Å². The lowest BCUT2D eigenvalue weighted by Gasteiger charge is -2.32. The Morgan fingerprint density at radius 1 is 1.18 bits per heavy atom. The van der Waals surface area contributed by atoms with Crippen molar-refractivity contribution in [3.8, 4) is 0 Å². The maximum Gasteiger partial charge on any atom is 0.243 e. The summed E-state index contributed by atoms with van der Waals surface area (Å²) in [6.07, 6.45) is 2.12. The Bertz CT molecular complexity index is 901. The molecule has 2 aromatic rings. The van der Waals surface area contributed by atoms with Crippen molar-refractivity contribution in [3.63, 3.8) is 0 Å². The summed E-state index contributed by atoms with van der Waals surface area (Å²) in [5.41, 5.74) is 1.06. The van der Waals surface area contributed by atoms with Gasteiger partial charge in [0.1, 0.15) is 0 Å². The summed E-state index contributed by atoms with van der Waals surface area (Å²) in [6.45, 7) is 2.64. The molecule has 150 valence electrons. The summed E-state index contributed by atoms with van der Waals surface area (Å²) in [5.74, 6) is -0.444. The summed E-state index contributed by atoms with van der Waals surface area (Å²) >= 11 is 5.86. The van der Waals surface area contributed by atoms with Gasteiger partial charge in [-0.05, 0) is 49.1 Å². The highest BCUT2D eigenvalue weighted by atomic mass is 35.5. The number of carbonyl (C=O) groups excluding carboxylic acids is 1. The van der Waals surface area contributed by atoms with Gasteiger partial charge in [0.25, 0.3) is 0 Å². The number of nitrogens with zero attached hydrogens (tertiary/aromatic N) is 1. The highest BCUT2D eigenvalue weighted by Crippen LogP contribution is 2.26. The van der Waals surface area contributed by atoms with E-state index in [0.717, 1.165) is 12.0 Å². The molecule has 1 amide bonds. The Balaban J connectivity index is 1.70. The Labute approximate surface area is 171 Å². The quantitative estimate of drug-likeness (QED) is 0.767. The van der Waals surface area contributed by atoms with Gasteiger partial charge in [0.05, 0.1) is 16.9 Å². The van der Waals surface area contributed by atoms with Crippen LogP contribution in [0.2, 0.25) is 5.02 Å². The molecule has 2 atom stereocenters. The average Bonchev–Trinajstić information content (AvgIpc) is 2.73. The SMILES string of the molecule is CC[C@H](NC(=O)[C@@H]1CCCN(S(=O)(=O)c2ccc(Cl)cc2)C1)c1ccccc1. The third-order valence-corrected chi connectivity index (χ3v) is 7.26. The summed E-state index contributed by atoms with van der Waals surface area (Å²) in [5, 5.41) is 3.58. The van der Waals surface area contributed by atoms with E-state index in [9.17, 15) is 13.2 Å². The number of carbonyl (C=O) groups is 1. The first-order valence-electron chi connectivity index (χ1n) is 9.53. The Kier molecular flexibility index (Phi) is 6.75. The molecule has 1 aliphatic heterocycles. The molecule has 1 fully saturated rings. The molecule has 0 spiro atoms.